The van der Waals surface area contributed by atoms with E-state index in [1.165, 1.54) is 7.11 Å². The highest BCUT2D eigenvalue weighted by atomic mass is 79.9. The Morgan fingerprint density at radius 1 is 1.36 bits per heavy atom. The van der Waals surface area contributed by atoms with E-state index in [4.69, 9.17) is 9.47 Å². The topological polar surface area (TPSA) is 84.9 Å². The molecular formula is C15H20BrNO5. The van der Waals surface area contributed by atoms with E-state index in [0.29, 0.717) is 22.2 Å². The summed E-state index contributed by atoms with van der Waals surface area (Å²) in [5.41, 5.74) is 0.466. The van der Waals surface area contributed by atoms with E-state index < -0.39 is 12.0 Å². The van der Waals surface area contributed by atoms with Crippen LogP contribution >= 0.6 is 15.9 Å². The summed E-state index contributed by atoms with van der Waals surface area (Å²) in [4.78, 5) is 23.3. The van der Waals surface area contributed by atoms with Crippen LogP contribution in [-0.4, -0.2) is 37.3 Å². The molecule has 2 N–H and O–H groups in total. The first-order valence-electron chi connectivity index (χ1n) is 6.77. The number of carboxylic acid groups (broad SMARTS) is 1. The number of hydrogen-bond donors (Lipinski definition) is 2. The van der Waals surface area contributed by atoms with Crippen molar-refractivity contribution >= 4 is 27.8 Å². The third-order valence-corrected chi connectivity index (χ3v) is 3.86. The van der Waals surface area contributed by atoms with Crippen LogP contribution in [0.25, 0.3) is 0 Å². The summed E-state index contributed by atoms with van der Waals surface area (Å²) < 4.78 is 10.8. The zero-order valence-electron chi connectivity index (χ0n) is 12.8. The highest BCUT2D eigenvalue weighted by molar-refractivity contribution is 9.10. The summed E-state index contributed by atoms with van der Waals surface area (Å²) in [5, 5.41) is 11.9. The Kier molecular flexibility index (Phi) is 7.34. The monoisotopic (exact) mass is 373 g/mol. The number of amides is 1. The largest absolute Gasteiger partial charge is 0.496 e. The molecule has 0 spiro atoms. The van der Waals surface area contributed by atoms with Gasteiger partial charge < -0.3 is 19.9 Å². The Bertz CT molecular complexity index is 535. The number of ether oxygens (including phenoxy) is 2. The number of methoxy groups -OCH3 is 2. The van der Waals surface area contributed by atoms with Crippen molar-refractivity contribution < 1.29 is 24.2 Å². The van der Waals surface area contributed by atoms with Gasteiger partial charge in [0, 0.05) is 13.5 Å². The van der Waals surface area contributed by atoms with E-state index in [2.05, 4.69) is 21.2 Å². The number of carbonyl (C=O) groups is 2. The summed E-state index contributed by atoms with van der Waals surface area (Å²) in [5.74, 6) is -0.860. The lowest BCUT2D eigenvalue weighted by Gasteiger charge is -2.17. The van der Waals surface area contributed by atoms with E-state index in [0.717, 1.165) is 0 Å². The molecule has 0 bridgehead atoms. The number of aliphatic carboxylic acids is 1. The molecule has 22 heavy (non-hydrogen) atoms. The Balaban J connectivity index is 2.79. The van der Waals surface area contributed by atoms with Crippen LogP contribution in [0.1, 0.15) is 31.4 Å². The van der Waals surface area contributed by atoms with Crippen molar-refractivity contribution in [2.45, 2.75) is 31.9 Å². The maximum absolute atomic E-state index is 11.9. The molecule has 6 nitrogen and oxygen atoms in total. The molecule has 1 aromatic carbocycles. The third kappa shape index (κ3) is 5.31. The predicted molar refractivity (Wildman–Crippen MR) is 84.9 cm³/mol. The number of nitrogens with one attached hydrogen (secondary N) is 1. The minimum absolute atomic E-state index is 0.0517. The molecule has 0 radical (unpaired) electrons. The van der Waals surface area contributed by atoms with E-state index in [1.807, 2.05) is 6.92 Å². The quantitative estimate of drug-likeness (QED) is 0.731. The number of carboxylic acids is 1. The smallest absolute Gasteiger partial charge is 0.330 e. The normalized spacial score (nSPS) is 13.3. The average Bonchev–Trinajstić information content (AvgIpc) is 2.49. The summed E-state index contributed by atoms with van der Waals surface area (Å²) in [6, 6.07) is 3.78. The zero-order chi connectivity index (χ0) is 16.7. The molecular weight excluding hydrogens is 354 g/mol. The number of benzene rings is 1. The van der Waals surface area contributed by atoms with Crippen molar-refractivity contribution in [3.8, 4) is 5.75 Å². The number of rotatable bonds is 8. The fourth-order valence-electron chi connectivity index (χ4n) is 1.84. The second-order valence-electron chi connectivity index (χ2n) is 4.82. The fraction of sp³-hybridized carbons (Fsp3) is 0.467. The van der Waals surface area contributed by atoms with Gasteiger partial charge in [0.1, 0.15) is 5.75 Å². The highest BCUT2D eigenvalue weighted by Gasteiger charge is 2.23. The Morgan fingerprint density at radius 3 is 2.55 bits per heavy atom. The first-order valence-corrected chi connectivity index (χ1v) is 7.56. The molecule has 0 aliphatic heterocycles. The van der Waals surface area contributed by atoms with Gasteiger partial charge in [-0.15, -0.1) is 0 Å². The lowest BCUT2D eigenvalue weighted by molar-refractivity contribution is -0.142. The molecule has 1 aromatic rings. The van der Waals surface area contributed by atoms with Crippen LogP contribution < -0.4 is 10.1 Å². The first-order chi connectivity index (χ1) is 10.4. The van der Waals surface area contributed by atoms with Crippen molar-refractivity contribution in [2.75, 3.05) is 14.2 Å². The van der Waals surface area contributed by atoms with Gasteiger partial charge in [0.25, 0.3) is 0 Å². The second-order valence-corrected chi connectivity index (χ2v) is 5.67. The number of hydrogen-bond acceptors (Lipinski definition) is 4. The van der Waals surface area contributed by atoms with Gasteiger partial charge in [-0.1, -0.05) is 6.07 Å². The molecule has 0 aliphatic rings. The van der Waals surface area contributed by atoms with Gasteiger partial charge in [-0.2, -0.15) is 0 Å². The van der Waals surface area contributed by atoms with Crippen LogP contribution in [0.3, 0.4) is 0 Å². The standard InChI is InChI=1S/C15H20BrNO5/c1-9(21-2)4-7-13(18)17-14(15(19)20)10-5-6-12(22-3)11(16)8-10/h5-6,8-9,14H,4,7H2,1-3H3,(H,17,18)(H,19,20). The first kappa shape index (κ1) is 18.4. The van der Waals surface area contributed by atoms with Crippen molar-refractivity contribution in [1.29, 1.82) is 0 Å². The van der Waals surface area contributed by atoms with Crippen LogP contribution in [0.5, 0.6) is 5.75 Å². The molecule has 2 unspecified atom stereocenters. The molecule has 0 fully saturated rings. The van der Waals surface area contributed by atoms with Gasteiger partial charge in [-0.05, 0) is 47.0 Å². The zero-order valence-corrected chi connectivity index (χ0v) is 14.3. The van der Waals surface area contributed by atoms with Gasteiger partial charge in [0.05, 0.1) is 17.7 Å². The van der Waals surface area contributed by atoms with Crippen molar-refractivity contribution in [1.82, 2.24) is 5.32 Å². The Morgan fingerprint density at radius 2 is 2.05 bits per heavy atom. The lowest BCUT2D eigenvalue weighted by atomic mass is 10.1. The summed E-state index contributed by atoms with van der Waals surface area (Å²) in [6.45, 7) is 1.85. The van der Waals surface area contributed by atoms with Gasteiger partial charge in [-0.3, -0.25) is 4.79 Å². The lowest BCUT2D eigenvalue weighted by Crippen LogP contribution is -2.34. The van der Waals surface area contributed by atoms with E-state index >= 15 is 0 Å². The van der Waals surface area contributed by atoms with Gasteiger partial charge in [0.2, 0.25) is 5.91 Å². The van der Waals surface area contributed by atoms with Gasteiger partial charge in [0.15, 0.2) is 6.04 Å². The van der Waals surface area contributed by atoms with E-state index in [9.17, 15) is 14.7 Å². The Hall–Kier alpha value is -1.60. The molecule has 0 saturated carbocycles. The molecule has 0 aliphatic carbocycles. The van der Waals surface area contributed by atoms with Gasteiger partial charge >= 0.3 is 5.97 Å². The van der Waals surface area contributed by atoms with Crippen LogP contribution in [0, 0.1) is 0 Å². The maximum atomic E-state index is 11.9. The van der Waals surface area contributed by atoms with Crippen molar-refractivity contribution in [2.24, 2.45) is 0 Å². The summed E-state index contributed by atoms with van der Waals surface area (Å²) in [6.07, 6.45) is 0.682. The highest BCUT2D eigenvalue weighted by Crippen LogP contribution is 2.28. The SMILES string of the molecule is COc1ccc(C(NC(=O)CCC(C)OC)C(=O)O)cc1Br. The maximum Gasteiger partial charge on any atom is 0.330 e. The molecule has 0 heterocycles. The van der Waals surface area contributed by atoms with Crippen LogP contribution in [0.2, 0.25) is 0 Å². The number of halogens is 1. The van der Waals surface area contributed by atoms with Crippen LogP contribution in [0.15, 0.2) is 22.7 Å². The van der Waals surface area contributed by atoms with Crippen LogP contribution in [0.4, 0.5) is 0 Å². The van der Waals surface area contributed by atoms with E-state index in [1.54, 1.807) is 25.3 Å². The summed E-state index contributed by atoms with van der Waals surface area (Å²) in [7, 11) is 3.09. The Labute approximate surface area is 137 Å². The molecule has 1 amide bonds. The van der Waals surface area contributed by atoms with E-state index in [-0.39, 0.29) is 18.4 Å². The minimum atomic E-state index is -1.12. The van der Waals surface area contributed by atoms with Crippen molar-refractivity contribution in [3.05, 3.63) is 28.2 Å². The second kappa shape index (κ2) is 8.75. The summed E-state index contributed by atoms with van der Waals surface area (Å²) >= 11 is 3.30. The molecule has 0 saturated heterocycles. The molecule has 2 atom stereocenters. The molecule has 7 heteroatoms. The molecule has 1 rings (SSSR count). The van der Waals surface area contributed by atoms with Crippen molar-refractivity contribution in [3.63, 3.8) is 0 Å². The predicted octanol–water partition coefficient (Wildman–Crippen LogP) is 2.51. The third-order valence-electron chi connectivity index (χ3n) is 3.24. The molecule has 0 aromatic heterocycles. The minimum Gasteiger partial charge on any atom is -0.496 e. The van der Waals surface area contributed by atoms with Gasteiger partial charge in [-0.25, -0.2) is 4.79 Å². The molecule has 122 valence electrons. The average molecular weight is 374 g/mol. The number of carbonyl (C=O) groups excluding carboxylic acids is 1. The van der Waals surface area contributed by atoms with Crippen LogP contribution in [-0.2, 0) is 14.3 Å². The fourth-order valence-corrected chi connectivity index (χ4v) is 2.39.